The molecule has 0 aliphatic carbocycles. The monoisotopic (exact) mass is 431 g/mol. The van der Waals surface area contributed by atoms with Crippen LogP contribution >= 0.6 is 11.3 Å². The van der Waals surface area contributed by atoms with Crippen molar-refractivity contribution in [2.24, 2.45) is 0 Å². The molecule has 4 aromatic rings. The number of para-hydroxylation sites is 2. The van der Waals surface area contributed by atoms with Crippen LogP contribution in [0, 0.1) is 0 Å². The number of hydrogen-bond acceptors (Lipinski definition) is 3. The Labute approximate surface area is 185 Å². The Morgan fingerprint density at radius 1 is 1.00 bits per heavy atom. The van der Waals surface area contributed by atoms with Crippen LogP contribution in [0.3, 0.4) is 0 Å². The number of thiophene rings is 1. The van der Waals surface area contributed by atoms with E-state index in [1.807, 2.05) is 54.3 Å². The summed E-state index contributed by atoms with van der Waals surface area (Å²) in [5.74, 6) is 0.0888. The number of amides is 1. The average molecular weight is 432 g/mol. The van der Waals surface area contributed by atoms with E-state index >= 15 is 0 Å². The van der Waals surface area contributed by atoms with Crippen LogP contribution in [0.2, 0.25) is 0 Å². The summed E-state index contributed by atoms with van der Waals surface area (Å²) in [5, 5.41) is 2.12. The maximum atomic E-state index is 13.4. The first-order chi connectivity index (χ1) is 15.2. The molecule has 0 saturated carbocycles. The molecule has 0 N–H and O–H groups in total. The quantitative estimate of drug-likeness (QED) is 0.469. The molecule has 5 rings (SSSR count). The largest absolute Gasteiger partial charge is 0.331 e. The highest BCUT2D eigenvalue weighted by atomic mass is 32.1. The highest BCUT2D eigenvalue weighted by Crippen LogP contribution is 2.38. The zero-order chi connectivity index (χ0) is 21.4. The minimum absolute atomic E-state index is 0.0464. The third kappa shape index (κ3) is 3.41. The zero-order valence-corrected chi connectivity index (χ0v) is 18.3. The van der Waals surface area contributed by atoms with Gasteiger partial charge in [-0.15, -0.1) is 11.3 Å². The smallest absolute Gasteiger partial charge is 0.329 e. The molecule has 0 bridgehead atoms. The first kappa shape index (κ1) is 19.8. The summed E-state index contributed by atoms with van der Waals surface area (Å²) in [6, 6.07) is 20.1. The Hall–Kier alpha value is -3.12. The first-order valence-corrected chi connectivity index (χ1v) is 11.7. The summed E-state index contributed by atoms with van der Waals surface area (Å²) >= 11 is 1.77. The molecular weight excluding hydrogens is 406 g/mol. The number of aromatic nitrogens is 2. The molecule has 0 fully saturated rings. The molecule has 1 aliphatic heterocycles. The molecule has 0 saturated heterocycles. The number of imidazole rings is 1. The van der Waals surface area contributed by atoms with Gasteiger partial charge in [0.1, 0.15) is 0 Å². The van der Waals surface area contributed by atoms with Crippen molar-refractivity contribution in [2.75, 3.05) is 6.54 Å². The van der Waals surface area contributed by atoms with Crippen molar-refractivity contribution in [1.82, 2.24) is 14.0 Å². The molecular formula is C25H25N3O2S. The van der Waals surface area contributed by atoms with Crippen LogP contribution in [-0.2, 0) is 24.3 Å². The van der Waals surface area contributed by atoms with Crippen molar-refractivity contribution < 1.29 is 4.79 Å². The fraction of sp³-hybridized carbons (Fsp3) is 0.280. The topological polar surface area (TPSA) is 47.2 Å². The fourth-order valence-corrected chi connectivity index (χ4v) is 5.63. The predicted octanol–water partition coefficient (Wildman–Crippen LogP) is 4.45. The maximum absolute atomic E-state index is 13.4. The van der Waals surface area contributed by atoms with Gasteiger partial charge in [-0.3, -0.25) is 13.9 Å². The van der Waals surface area contributed by atoms with E-state index in [-0.39, 0.29) is 17.6 Å². The van der Waals surface area contributed by atoms with Crippen molar-refractivity contribution in [3.8, 4) is 0 Å². The van der Waals surface area contributed by atoms with Crippen LogP contribution in [0.5, 0.6) is 0 Å². The van der Waals surface area contributed by atoms with Gasteiger partial charge in [0.15, 0.2) is 0 Å². The van der Waals surface area contributed by atoms with E-state index in [9.17, 15) is 9.59 Å². The second-order valence-corrected chi connectivity index (χ2v) is 8.87. The van der Waals surface area contributed by atoms with E-state index in [0.717, 1.165) is 23.0 Å². The average Bonchev–Trinajstić information content (AvgIpc) is 3.39. The molecule has 31 heavy (non-hydrogen) atoms. The molecule has 1 amide bonds. The van der Waals surface area contributed by atoms with Crippen LogP contribution in [0.1, 0.15) is 35.4 Å². The van der Waals surface area contributed by atoms with Crippen molar-refractivity contribution in [3.63, 3.8) is 0 Å². The van der Waals surface area contributed by atoms with Crippen molar-refractivity contribution in [2.45, 2.75) is 38.9 Å². The number of nitrogens with zero attached hydrogens (tertiary/aromatic N) is 3. The summed E-state index contributed by atoms with van der Waals surface area (Å²) in [6.45, 7) is 3.68. The molecule has 3 heterocycles. The van der Waals surface area contributed by atoms with Crippen LogP contribution in [0.15, 0.2) is 70.8 Å². The molecule has 158 valence electrons. The lowest BCUT2D eigenvalue weighted by atomic mass is 9.93. The summed E-state index contributed by atoms with van der Waals surface area (Å²) < 4.78 is 3.51. The van der Waals surface area contributed by atoms with E-state index in [1.165, 1.54) is 10.4 Å². The number of carbonyl (C=O) groups excluding carboxylic acids is 1. The summed E-state index contributed by atoms with van der Waals surface area (Å²) in [7, 11) is 0. The number of carbonyl (C=O) groups is 1. The van der Waals surface area contributed by atoms with Gasteiger partial charge in [0.25, 0.3) is 0 Å². The summed E-state index contributed by atoms with van der Waals surface area (Å²) in [4.78, 5) is 29.7. The fourth-order valence-electron chi connectivity index (χ4n) is 4.73. The van der Waals surface area contributed by atoms with Gasteiger partial charge in [0, 0.05) is 30.9 Å². The van der Waals surface area contributed by atoms with Gasteiger partial charge >= 0.3 is 5.69 Å². The van der Waals surface area contributed by atoms with E-state index in [0.29, 0.717) is 26.1 Å². The first-order valence-electron chi connectivity index (χ1n) is 10.8. The second-order valence-electron chi connectivity index (χ2n) is 7.87. The van der Waals surface area contributed by atoms with Crippen LogP contribution in [0.25, 0.3) is 11.0 Å². The number of benzene rings is 2. The molecule has 0 spiro atoms. The molecule has 0 unspecified atom stereocenters. The lowest BCUT2D eigenvalue weighted by Crippen LogP contribution is -2.40. The van der Waals surface area contributed by atoms with E-state index in [4.69, 9.17) is 0 Å². The van der Waals surface area contributed by atoms with Gasteiger partial charge in [-0.2, -0.15) is 0 Å². The van der Waals surface area contributed by atoms with Crippen LogP contribution in [-0.4, -0.2) is 26.5 Å². The Morgan fingerprint density at radius 2 is 1.71 bits per heavy atom. The molecule has 6 heteroatoms. The molecule has 0 radical (unpaired) electrons. The minimum Gasteiger partial charge on any atom is -0.331 e. The third-order valence-electron chi connectivity index (χ3n) is 6.19. The standard InChI is InChI=1S/C25H25N3O2S/c1-2-26-20-10-6-7-11-21(20)27(25(26)30)16-13-23(29)28-15-12-22-19(14-17-31-22)24(28)18-8-4-3-5-9-18/h3-11,14,17,24H,2,12-13,15-16H2,1H3/t24-/m0/s1. The van der Waals surface area contributed by atoms with E-state index in [2.05, 4.69) is 23.6 Å². The van der Waals surface area contributed by atoms with Crippen molar-refractivity contribution in [1.29, 1.82) is 0 Å². The minimum atomic E-state index is -0.0580. The SMILES string of the molecule is CCn1c(=O)n(CCC(=O)N2CCc3sccc3[C@@H]2c2ccccc2)c2ccccc21. The van der Waals surface area contributed by atoms with Gasteiger partial charge in [0.2, 0.25) is 5.91 Å². The Bertz CT molecular complexity index is 1290. The van der Waals surface area contributed by atoms with Crippen molar-refractivity contribution in [3.05, 3.63) is 92.5 Å². The lowest BCUT2D eigenvalue weighted by molar-refractivity contribution is -0.133. The van der Waals surface area contributed by atoms with Gasteiger partial charge in [-0.1, -0.05) is 42.5 Å². The van der Waals surface area contributed by atoms with Gasteiger partial charge in [-0.25, -0.2) is 4.79 Å². The molecule has 2 aromatic carbocycles. The summed E-state index contributed by atoms with van der Waals surface area (Å²) in [6.07, 6.45) is 1.19. The Kier molecular flexibility index (Phi) is 5.24. The van der Waals surface area contributed by atoms with Gasteiger partial charge in [0.05, 0.1) is 17.1 Å². The Morgan fingerprint density at radius 3 is 2.45 bits per heavy atom. The summed E-state index contributed by atoms with van der Waals surface area (Å²) in [5.41, 5.74) is 4.13. The maximum Gasteiger partial charge on any atom is 0.329 e. The number of hydrogen-bond donors (Lipinski definition) is 0. The normalized spacial score (nSPS) is 15.9. The van der Waals surface area contributed by atoms with E-state index < -0.39 is 0 Å². The van der Waals surface area contributed by atoms with Crippen molar-refractivity contribution >= 4 is 28.3 Å². The lowest BCUT2D eigenvalue weighted by Gasteiger charge is -2.36. The Balaban J connectivity index is 1.44. The van der Waals surface area contributed by atoms with Crippen LogP contribution in [0.4, 0.5) is 0 Å². The van der Waals surface area contributed by atoms with Gasteiger partial charge in [-0.05, 0) is 48.1 Å². The molecule has 1 atom stereocenters. The highest BCUT2D eigenvalue weighted by Gasteiger charge is 2.32. The molecule has 5 nitrogen and oxygen atoms in total. The molecule has 1 aliphatic rings. The number of rotatable bonds is 5. The van der Waals surface area contributed by atoms with E-state index in [1.54, 1.807) is 20.5 Å². The predicted molar refractivity (Wildman–Crippen MR) is 125 cm³/mol. The zero-order valence-electron chi connectivity index (χ0n) is 17.5. The van der Waals surface area contributed by atoms with Gasteiger partial charge < -0.3 is 4.90 Å². The highest BCUT2D eigenvalue weighted by molar-refractivity contribution is 7.10. The number of fused-ring (bicyclic) bond motifs is 2. The number of aryl methyl sites for hydroxylation is 2. The third-order valence-corrected chi connectivity index (χ3v) is 7.19. The second kappa shape index (κ2) is 8.19. The molecule has 2 aromatic heterocycles. The van der Waals surface area contributed by atoms with Crippen LogP contribution < -0.4 is 5.69 Å².